The minimum absolute atomic E-state index is 0.00483. The maximum Gasteiger partial charge on any atom is 0.434 e. The average Bonchev–Trinajstić information content (AvgIpc) is 2.90. The first kappa shape index (κ1) is 11.7. The van der Waals surface area contributed by atoms with Crippen LogP contribution in [0.2, 0.25) is 0 Å². The van der Waals surface area contributed by atoms with Gasteiger partial charge in [0.1, 0.15) is 6.10 Å². The first-order valence-corrected chi connectivity index (χ1v) is 5.81. The highest BCUT2D eigenvalue weighted by molar-refractivity contribution is 5.11. The van der Waals surface area contributed by atoms with Gasteiger partial charge in [-0.25, -0.2) is 9.97 Å². The Morgan fingerprint density at radius 2 is 2.06 bits per heavy atom. The van der Waals surface area contributed by atoms with E-state index in [-0.39, 0.29) is 12.0 Å². The Labute approximate surface area is 102 Å². The van der Waals surface area contributed by atoms with E-state index in [1.54, 1.807) is 0 Å². The van der Waals surface area contributed by atoms with Crippen molar-refractivity contribution in [2.75, 3.05) is 6.54 Å². The minimum Gasteiger partial charge on any atom is -0.472 e. The van der Waals surface area contributed by atoms with Crippen LogP contribution in [0.1, 0.15) is 18.5 Å². The van der Waals surface area contributed by atoms with Crippen molar-refractivity contribution in [3.05, 3.63) is 18.1 Å². The number of nitrogens with zero attached hydrogens (tertiary/aromatic N) is 2. The molecule has 0 amide bonds. The van der Waals surface area contributed by atoms with Crippen LogP contribution in [0.5, 0.6) is 5.88 Å². The van der Waals surface area contributed by atoms with Gasteiger partial charge in [-0.05, 0) is 25.3 Å². The van der Waals surface area contributed by atoms with Gasteiger partial charge in [0, 0.05) is 6.04 Å². The summed E-state index contributed by atoms with van der Waals surface area (Å²) in [7, 11) is 0. The normalized spacial score (nSPS) is 30.7. The highest BCUT2D eigenvalue weighted by atomic mass is 19.4. The fourth-order valence-electron chi connectivity index (χ4n) is 2.61. The van der Waals surface area contributed by atoms with E-state index in [1.165, 1.54) is 0 Å². The third kappa shape index (κ3) is 2.14. The molecule has 3 atom stereocenters. The van der Waals surface area contributed by atoms with Crippen LogP contribution >= 0.6 is 0 Å². The molecule has 0 spiro atoms. The number of fused-ring (bicyclic) bond motifs is 2. The van der Waals surface area contributed by atoms with Crippen molar-refractivity contribution in [3.63, 3.8) is 0 Å². The van der Waals surface area contributed by atoms with Crippen LogP contribution in [0.25, 0.3) is 0 Å². The topological polar surface area (TPSA) is 47.0 Å². The van der Waals surface area contributed by atoms with Gasteiger partial charge in [0.25, 0.3) is 0 Å². The molecular weight excluding hydrogens is 247 g/mol. The van der Waals surface area contributed by atoms with Gasteiger partial charge >= 0.3 is 6.18 Å². The van der Waals surface area contributed by atoms with Gasteiger partial charge < -0.3 is 10.1 Å². The monoisotopic (exact) mass is 259 g/mol. The van der Waals surface area contributed by atoms with Crippen molar-refractivity contribution in [2.45, 2.75) is 31.2 Å². The predicted octanol–water partition coefficient (Wildman–Crippen LogP) is 1.62. The van der Waals surface area contributed by atoms with E-state index >= 15 is 0 Å². The third-order valence-corrected chi connectivity index (χ3v) is 3.46. The predicted molar refractivity (Wildman–Crippen MR) is 56.0 cm³/mol. The second-order valence-electron chi connectivity index (χ2n) is 4.75. The SMILES string of the molecule is FC(F)(F)c1cnc(OC2CC3CN[C@@H]2C3)cn1. The van der Waals surface area contributed by atoms with E-state index in [0.29, 0.717) is 18.2 Å². The summed E-state index contributed by atoms with van der Waals surface area (Å²) in [6.45, 7) is 1.00. The fourth-order valence-corrected chi connectivity index (χ4v) is 2.61. The minimum atomic E-state index is -4.46. The summed E-state index contributed by atoms with van der Waals surface area (Å²) < 4.78 is 42.5. The van der Waals surface area contributed by atoms with E-state index in [1.807, 2.05) is 0 Å². The Kier molecular flexibility index (Phi) is 2.65. The summed E-state index contributed by atoms with van der Waals surface area (Å²) in [5.74, 6) is 0.768. The number of piperidine rings is 1. The Balaban J connectivity index is 1.67. The van der Waals surface area contributed by atoms with Gasteiger partial charge in [0.2, 0.25) is 5.88 Å². The molecule has 1 saturated carbocycles. The highest BCUT2D eigenvalue weighted by Crippen LogP contribution is 2.33. The molecule has 7 heteroatoms. The molecule has 18 heavy (non-hydrogen) atoms. The van der Waals surface area contributed by atoms with Crippen molar-refractivity contribution in [1.29, 1.82) is 0 Å². The molecule has 2 unspecified atom stereocenters. The summed E-state index contributed by atoms with van der Waals surface area (Å²) in [6, 6.07) is 0.291. The van der Waals surface area contributed by atoms with Crippen LogP contribution in [-0.4, -0.2) is 28.7 Å². The molecule has 2 bridgehead atoms. The summed E-state index contributed by atoms with van der Waals surface area (Å²) in [6.07, 6.45) is -0.724. The molecule has 1 N–H and O–H groups in total. The smallest absolute Gasteiger partial charge is 0.434 e. The lowest BCUT2D eigenvalue weighted by Gasteiger charge is -2.23. The molecule has 98 valence electrons. The molecule has 2 fully saturated rings. The van der Waals surface area contributed by atoms with Crippen LogP contribution in [-0.2, 0) is 6.18 Å². The highest BCUT2D eigenvalue weighted by Gasteiger charge is 2.41. The zero-order valence-corrected chi connectivity index (χ0v) is 9.44. The van der Waals surface area contributed by atoms with Gasteiger partial charge in [0.05, 0.1) is 12.4 Å². The zero-order chi connectivity index (χ0) is 12.8. The number of rotatable bonds is 2. The molecule has 1 saturated heterocycles. The second kappa shape index (κ2) is 4.08. The number of aromatic nitrogens is 2. The Hall–Kier alpha value is -1.37. The second-order valence-corrected chi connectivity index (χ2v) is 4.75. The van der Waals surface area contributed by atoms with Crippen LogP contribution in [0, 0.1) is 5.92 Å². The molecule has 0 aromatic carbocycles. The molecule has 2 heterocycles. The van der Waals surface area contributed by atoms with Crippen LogP contribution in [0.3, 0.4) is 0 Å². The lowest BCUT2D eigenvalue weighted by atomic mass is 10.1. The molecule has 0 radical (unpaired) electrons. The Bertz CT molecular complexity index is 434. The van der Waals surface area contributed by atoms with Gasteiger partial charge in [-0.2, -0.15) is 13.2 Å². The largest absolute Gasteiger partial charge is 0.472 e. The van der Waals surface area contributed by atoms with Crippen molar-refractivity contribution < 1.29 is 17.9 Å². The maximum absolute atomic E-state index is 12.3. The van der Waals surface area contributed by atoms with E-state index < -0.39 is 11.9 Å². The number of hydrogen-bond donors (Lipinski definition) is 1. The quantitative estimate of drug-likeness (QED) is 0.876. The van der Waals surface area contributed by atoms with Crippen LogP contribution in [0.4, 0.5) is 13.2 Å². The average molecular weight is 259 g/mol. The Morgan fingerprint density at radius 3 is 2.56 bits per heavy atom. The standard InChI is InChI=1S/C11H12F3N3O/c12-11(13,14)9-4-17-10(5-16-9)18-8-2-6-1-7(8)15-3-6/h4-8,15H,1-3H2/t6?,7-,8?/m1/s1. The van der Waals surface area contributed by atoms with Crippen molar-refractivity contribution >= 4 is 0 Å². The zero-order valence-electron chi connectivity index (χ0n) is 9.44. The van der Waals surface area contributed by atoms with E-state index in [0.717, 1.165) is 25.6 Å². The van der Waals surface area contributed by atoms with Crippen molar-refractivity contribution in [1.82, 2.24) is 15.3 Å². The number of ether oxygens (including phenoxy) is 1. The lowest BCUT2D eigenvalue weighted by Crippen LogP contribution is -2.40. The van der Waals surface area contributed by atoms with Crippen molar-refractivity contribution in [2.24, 2.45) is 5.92 Å². The van der Waals surface area contributed by atoms with Gasteiger partial charge in [0.15, 0.2) is 5.69 Å². The van der Waals surface area contributed by atoms with E-state index in [4.69, 9.17) is 4.74 Å². The van der Waals surface area contributed by atoms with Gasteiger partial charge in [-0.3, -0.25) is 0 Å². The summed E-state index contributed by atoms with van der Waals surface area (Å²) in [5, 5.41) is 3.31. The van der Waals surface area contributed by atoms with Gasteiger partial charge in [-0.15, -0.1) is 0 Å². The molecule has 4 nitrogen and oxygen atoms in total. The van der Waals surface area contributed by atoms with Crippen LogP contribution in [0.15, 0.2) is 12.4 Å². The first-order chi connectivity index (χ1) is 8.52. The number of nitrogens with one attached hydrogen (secondary N) is 1. The Morgan fingerprint density at radius 1 is 1.22 bits per heavy atom. The van der Waals surface area contributed by atoms with Gasteiger partial charge in [-0.1, -0.05) is 0 Å². The molecule has 1 aliphatic carbocycles. The van der Waals surface area contributed by atoms with E-state index in [9.17, 15) is 13.2 Å². The van der Waals surface area contributed by atoms with Crippen molar-refractivity contribution in [3.8, 4) is 5.88 Å². The summed E-state index contributed by atoms with van der Waals surface area (Å²) >= 11 is 0. The molecule has 1 aliphatic heterocycles. The fraction of sp³-hybridized carbons (Fsp3) is 0.636. The molecule has 2 aliphatic rings. The number of halogens is 3. The number of hydrogen-bond acceptors (Lipinski definition) is 4. The first-order valence-electron chi connectivity index (χ1n) is 5.81. The molecule has 3 rings (SSSR count). The third-order valence-electron chi connectivity index (χ3n) is 3.46. The summed E-state index contributed by atoms with van der Waals surface area (Å²) in [5.41, 5.74) is -0.999. The maximum atomic E-state index is 12.3. The molecule has 1 aromatic heterocycles. The summed E-state index contributed by atoms with van der Waals surface area (Å²) in [4.78, 5) is 6.98. The lowest BCUT2D eigenvalue weighted by molar-refractivity contribution is -0.141. The molecular formula is C11H12F3N3O. The van der Waals surface area contributed by atoms with Crippen LogP contribution < -0.4 is 10.1 Å². The molecule has 1 aromatic rings. The van der Waals surface area contributed by atoms with E-state index in [2.05, 4.69) is 15.3 Å². The number of alkyl halides is 3.